The maximum absolute atomic E-state index is 9.02. The highest BCUT2D eigenvalue weighted by molar-refractivity contribution is 6.31. The third-order valence-electron chi connectivity index (χ3n) is 2.35. The monoisotopic (exact) mass is 228 g/mol. The number of hydrogen-bond acceptors (Lipinski definition) is 2. The number of benzene rings is 2. The number of anilines is 1. The quantitative estimate of drug-likeness (QED) is 0.760. The Morgan fingerprint density at radius 3 is 2.56 bits per heavy atom. The van der Waals surface area contributed by atoms with Crippen molar-refractivity contribution < 1.29 is 0 Å². The van der Waals surface area contributed by atoms with Crippen LogP contribution in [0, 0.1) is 11.3 Å². The highest BCUT2D eigenvalue weighted by Gasteiger charge is 2.07. The molecule has 0 heterocycles. The molecule has 2 aromatic rings. The van der Waals surface area contributed by atoms with Crippen LogP contribution in [-0.2, 0) is 0 Å². The fraction of sp³-hybridized carbons (Fsp3) is 0. The Bertz CT molecular complexity index is 570. The first kappa shape index (κ1) is 10.5. The van der Waals surface area contributed by atoms with Gasteiger partial charge in [0.2, 0.25) is 0 Å². The molecule has 3 heteroatoms. The number of nitrogens with two attached hydrogens (primary N) is 1. The maximum atomic E-state index is 9.02. The van der Waals surface area contributed by atoms with Crippen LogP contribution in [0.2, 0.25) is 5.02 Å². The van der Waals surface area contributed by atoms with Crippen LogP contribution in [0.3, 0.4) is 0 Å². The van der Waals surface area contributed by atoms with Crippen LogP contribution in [0.5, 0.6) is 0 Å². The number of nitrogen functional groups attached to an aromatic ring is 1. The van der Waals surface area contributed by atoms with Gasteiger partial charge in [-0.25, -0.2) is 0 Å². The fourth-order valence-corrected chi connectivity index (χ4v) is 1.75. The molecule has 0 saturated carbocycles. The molecule has 2 N–H and O–H groups in total. The van der Waals surface area contributed by atoms with Crippen molar-refractivity contribution >= 4 is 17.3 Å². The Labute approximate surface area is 98.9 Å². The van der Waals surface area contributed by atoms with E-state index >= 15 is 0 Å². The van der Waals surface area contributed by atoms with Crippen molar-refractivity contribution in [3.05, 3.63) is 53.1 Å². The summed E-state index contributed by atoms with van der Waals surface area (Å²) in [5.74, 6) is 0. The molecule has 0 unspecified atom stereocenters. The average Bonchev–Trinajstić information content (AvgIpc) is 2.32. The topological polar surface area (TPSA) is 49.8 Å². The lowest BCUT2D eigenvalue weighted by molar-refractivity contribution is 1.48. The maximum Gasteiger partial charge on any atom is 0.0998 e. The molecule has 0 aromatic heterocycles. The predicted octanol–water partition coefficient (Wildman–Crippen LogP) is 3.46. The molecule has 0 atom stereocenters. The predicted molar refractivity (Wildman–Crippen MR) is 66.0 cm³/mol. The van der Waals surface area contributed by atoms with Crippen LogP contribution < -0.4 is 5.73 Å². The molecule has 0 fully saturated rings. The lowest BCUT2D eigenvalue weighted by Crippen LogP contribution is -1.91. The van der Waals surface area contributed by atoms with Gasteiger partial charge >= 0.3 is 0 Å². The van der Waals surface area contributed by atoms with Gasteiger partial charge in [-0.1, -0.05) is 29.8 Å². The summed E-state index contributed by atoms with van der Waals surface area (Å²) in [7, 11) is 0. The number of nitrogens with zero attached hydrogens (tertiary/aromatic N) is 1. The molecule has 78 valence electrons. The molecular formula is C13H9ClN2. The van der Waals surface area contributed by atoms with Gasteiger partial charge in [0.05, 0.1) is 11.6 Å². The molecule has 0 aliphatic rings. The Morgan fingerprint density at radius 1 is 1.06 bits per heavy atom. The van der Waals surface area contributed by atoms with Crippen molar-refractivity contribution in [1.29, 1.82) is 5.26 Å². The zero-order valence-corrected chi connectivity index (χ0v) is 9.20. The molecule has 0 saturated heterocycles. The van der Waals surface area contributed by atoms with Crippen LogP contribution in [-0.4, -0.2) is 0 Å². The van der Waals surface area contributed by atoms with Gasteiger partial charge in [-0.2, -0.15) is 5.26 Å². The summed E-state index contributed by atoms with van der Waals surface area (Å²) in [6.07, 6.45) is 0. The lowest BCUT2D eigenvalue weighted by atomic mass is 9.99. The van der Waals surface area contributed by atoms with Crippen LogP contribution >= 0.6 is 11.6 Å². The molecule has 0 amide bonds. The molecule has 0 spiro atoms. The number of halogens is 1. The van der Waals surface area contributed by atoms with Crippen molar-refractivity contribution in [3.63, 3.8) is 0 Å². The van der Waals surface area contributed by atoms with Gasteiger partial charge < -0.3 is 5.73 Å². The molecule has 2 nitrogen and oxygen atoms in total. The molecule has 2 rings (SSSR count). The first-order chi connectivity index (χ1) is 7.72. The van der Waals surface area contributed by atoms with Crippen LogP contribution in [0.4, 0.5) is 5.69 Å². The van der Waals surface area contributed by atoms with Gasteiger partial charge in [-0.3, -0.25) is 0 Å². The van der Waals surface area contributed by atoms with E-state index in [9.17, 15) is 0 Å². The highest BCUT2D eigenvalue weighted by Crippen LogP contribution is 2.30. The summed E-state index contributed by atoms with van der Waals surface area (Å²) in [5, 5.41) is 9.62. The minimum Gasteiger partial charge on any atom is -0.398 e. The van der Waals surface area contributed by atoms with Crippen LogP contribution in [0.15, 0.2) is 42.5 Å². The Balaban J connectivity index is 2.68. The normalized spacial score (nSPS) is 9.75. The number of hydrogen-bond donors (Lipinski definition) is 1. The summed E-state index contributed by atoms with van der Waals surface area (Å²) >= 11 is 5.92. The van der Waals surface area contributed by atoms with Crippen molar-refractivity contribution in [2.75, 3.05) is 5.73 Å². The van der Waals surface area contributed by atoms with Crippen molar-refractivity contribution in [2.24, 2.45) is 0 Å². The van der Waals surface area contributed by atoms with Gasteiger partial charge in [0.15, 0.2) is 0 Å². The van der Waals surface area contributed by atoms with E-state index in [0.717, 1.165) is 11.1 Å². The Hall–Kier alpha value is -1.98. The number of nitriles is 1. The second kappa shape index (κ2) is 4.26. The minimum atomic E-state index is 0.594. The smallest absolute Gasteiger partial charge is 0.0998 e. The van der Waals surface area contributed by atoms with Gasteiger partial charge in [-0.15, -0.1) is 0 Å². The zero-order chi connectivity index (χ0) is 11.5. The second-order valence-electron chi connectivity index (χ2n) is 3.39. The van der Waals surface area contributed by atoms with Crippen LogP contribution in [0.1, 0.15) is 5.56 Å². The Morgan fingerprint density at radius 2 is 1.81 bits per heavy atom. The number of rotatable bonds is 1. The summed E-state index contributed by atoms with van der Waals surface area (Å²) in [6, 6.07) is 14.7. The van der Waals surface area contributed by atoms with Gasteiger partial charge in [0.25, 0.3) is 0 Å². The standard InChI is InChI=1S/C13H9ClN2/c14-10-5-6-13(16)12(7-10)11-4-2-1-3-9(11)8-15/h1-7H,16H2. The van der Waals surface area contributed by atoms with E-state index in [1.54, 1.807) is 24.3 Å². The molecule has 0 radical (unpaired) electrons. The first-order valence-electron chi connectivity index (χ1n) is 4.77. The summed E-state index contributed by atoms with van der Waals surface area (Å²) in [6.45, 7) is 0. The summed E-state index contributed by atoms with van der Waals surface area (Å²) in [5.41, 5.74) is 8.69. The largest absolute Gasteiger partial charge is 0.398 e. The molecule has 0 aliphatic heterocycles. The van der Waals surface area contributed by atoms with Gasteiger partial charge in [0, 0.05) is 21.8 Å². The van der Waals surface area contributed by atoms with Crippen molar-refractivity contribution in [2.45, 2.75) is 0 Å². The highest BCUT2D eigenvalue weighted by atomic mass is 35.5. The van der Waals surface area contributed by atoms with E-state index in [2.05, 4.69) is 6.07 Å². The van der Waals surface area contributed by atoms with E-state index in [-0.39, 0.29) is 0 Å². The van der Waals surface area contributed by atoms with E-state index in [4.69, 9.17) is 22.6 Å². The van der Waals surface area contributed by atoms with Crippen molar-refractivity contribution in [1.82, 2.24) is 0 Å². The van der Waals surface area contributed by atoms with Gasteiger partial charge in [-0.05, 0) is 24.3 Å². The SMILES string of the molecule is N#Cc1ccccc1-c1cc(Cl)ccc1N. The average molecular weight is 229 g/mol. The van der Waals surface area contributed by atoms with E-state index < -0.39 is 0 Å². The first-order valence-corrected chi connectivity index (χ1v) is 5.14. The fourth-order valence-electron chi connectivity index (χ4n) is 1.58. The molecule has 0 aliphatic carbocycles. The zero-order valence-electron chi connectivity index (χ0n) is 8.44. The second-order valence-corrected chi connectivity index (χ2v) is 3.83. The van der Waals surface area contributed by atoms with Gasteiger partial charge in [0.1, 0.15) is 0 Å². The lowest BCUT2D eigenvalue weighted by Gasteiger charge is -2.07. The summed E-state index contributed by atoms with van der Waals surface area (Å²) < 4.78 is 0. The third-order valence-corrected chi connectivity index (χ3v) is 2.59. The Kier molecular flexibility index (Phi) is 2.80. The molecular weight excluding hydrogens is 220 g/mol. The van der Waals surface area contributed by atoms with Crippen molar-refractivity contribution in [3.8, 4) is 17.2 Å². The van der Waals surface area contributed by atoms with E-state index in [1.165, 1.54) is 0 Å². The molecule has 16 heavy (non-hydrogen) atoms. The minimum absolute atomic E-state index is 0.594. The van der Waals surface area contributed by atoms with E-state index in [0.29, 0.717) is 16.3 Å². The van der Waals surface area contributed by atoms with E-state index in [1.807, 2.05) is 18.2 Å². The summed E-state index contributed by atoms with van der Waals surface area (Å²) in [4.78, 5) is 0. The van der Waals surface area contributed by atoms with Crippen LogP contribution in [0.25, 0.3) is 11.1 Å². The molecule has 0 bridgehead atoms. The molecule has 2 aromatic carbocycles. The third kappa shape index (κ3) is 1.86.